The molecule has 0 saturated carbocycles. The van der Waals surface area contributed by atoms with Gasteiger partial charge in [0.05, 0.1) is 20.5 Å². The molecule has 0 aliphatic carbocycles. The molecule has 0 heterocycles. The number of quaternary nitrogens is 1. The third-order valence-corrected chi connectivity index (χ3v) is 4.52. The summed E-state index contributed by atoms with van der Waals surface area (Å²) >= 11 is 0. The van der Waals surface area contributed by atoms with Gasteiger partial charge in [0.25, 0.3) is 0 Å². The van der Waals surface area contributed by atoms with Crippen molar-refractivity contribution in [3.05, 3.63) is 71.3 Å². The van der Waals surface area contributed by atoms with Gasteiger partial charge in [0.1, 0.15) is 12.6 Å². The van der Waals surface area contributed by atoms with Crippen LogP contribution in [0, 0.1) is 5.92 Å². The molecule has 5 heteroatoms. The van der Waals surface area contributed by atoms with E-state index in [9.17, 15) is 9.59 Å². The van der Waals surface area contributed by atoms with E-state index in [1.165, 1.54) is 10.5 Å². The molecule has 1 atom stereocenters. The third-order valence-electron chi connectivity index (χ3n) is 4.52. The number of hydrogen-bond acceptors (Lipinski definition) is 2. The van der Waals surface area contributed by atoms with Crippen LogP contribution in [0.2, 0.25) is 0 Å². The Morgan fingerprint density at radius 3 is 2.07 bits per heavy atom. The molecular weight excluding hydrogens is 350 g/mol. The van der Waals surface area contributed by atoms with Crippen molar-refractivity contribution in [1.82, 2.24) is 10.6 Å². The number of amides is 2. The molecule has 5 nitrogen and oxygen atoms in total. The van der Waals surface area contributed by atoms with E-state index in [1.807, 2.05) is 56.3 Å². The lowest BCUT2D eigenvalue weighted by molar-refractivity contribution is -0.872. The summed E-state index contributed by atoms with van der Waals surface area (Å²) in [4.78, 5) is 26.3. The van der Waals surface area contributed by atoms with Crippen LogP contribution < -0.4 is 15.5 Å². The van der Waals surface area contributed by atoms with E-state index in [1.54, 1.807) is 0 Å². The summed E-state index contributed by atoms with van der Waals surface area (Å²) in [5.41, 5.74) is 3.25. The molecule has 2 amide bonds. The Balaban J connectivity index is 1.89. The van der Waals surface area contributed by atoms with Gasteiger partial charge in [-0.3, -0.25) is 9.59 Å². The molecule has 0 fully saturated rings. The van der Waals surface area contributed by atoms with Crippen molar-refractivity contribution in [1.29, 1.82) is 0 Å². The number of nitrogens with one attached hydrogen (secondary N) is 3. The Bertz CT molecular complexity index is 755. The number of carbonyl (C=O) groups is 2. The fraction of sp³-hybridized carbons (Fsp3) is 0.391. The van der Waals surface area contributed by atoms with Crippen molar-refractivity contribution in [2.24, 2.45) is 5.92 Å². The minimum atomic E-state index is -0.548. The Morgan fingerprint density at radius 2 is 1.50 bits per heavy atom. The van der Waals surface area contributed by atoms with Crippen molar-refractivity contribution in [2.45, 2.75) is 39.4 Å². The molecule has 2 aromatic rings. The third kappa shape index (κ3) is 7.16. The van der Waals surface area contributed by atoms with Crippen LogP contribution in [0.5, 0.6) is 0 Å². The number of rotatable bonds is 9. The first-order valence-corrected chi connectivity index (χ1v) is 9.83. The van der Waals surface area contributed by atoms with Crippen molar-refractivity contribution in [3.63, 3.8) is 0 Å². The Kier molecular flexibility index (Phi) is 8.20. The molecule has 3 N–H and O–H groups in total. The monoisotopic (exact) mass is 382 g/mol. The Morgan fingerprint density at radius 1 is 0.893 bits per heavy atom. The lowest BCUT2D eigenvalue weighted by Crippen LogP contribution is -3.04. The zero-order chi connectivity index (χ0) is 20.5. The maximum atomic E-state index is 12.6. The van der Waals surface area contributed by atoms with Crippen LogP contribution in [0.25, 0.3) is 0 Å². The second-order valence-electron chi connectivity index (χ2n) is 7.87. The van der Waals surface area contributed by atoms with E-state index >= 15 is 0 Å². The van der Waals surface area contributed by atoms with E-state index in [-0.39, 0.29) is 24.2 Å². The van der Waals surface area contributed by atoms with Gasteiger partial charge in [0.2, 0.25) is 11.8 Å². The van der Waals surface area contributed by atoms with Gasteiger partial charge in [-0.25, -0.2) is 0 Å². The molecule has 2 rings (SSSR count). The van der Waals surface area contributed by atoms with Crippen molar-refractivity contribution in [3.8, 4) is 0 Å². The van der Waals surface area contributed by atoms with Crippen LogP contribution >= 0.6 is 0 Å². The topological polar surface area (TPSA) is 62.6 Å². The molecule has 0 bridgehead atoms. The normalized spacial score (nSPS) is 12.1. The lowest BCUT2D eigenvalue weighted by Gasteiger charge is -2.22. The van der Waals surface area contributed by atoms with Gasteiger partial charge < -0.3 is 15.5 Å². The summed E-state index contributed by atoms with van der Waals surface area (Å²) < 4.78 is 0. The average molecular weight is 383 g/mol. The smallest absolute Gasteiger partial charge is 0.243 e. The number of carbonyl (C=O) groups excluding carboxylic acids is 2. The molecule has 0 aliphatic heterocycles. The van der Waals surface area contributed by atoms with Gasteiger partial charge in [0.15, 0.2) is 0 Å². The van der Waals surface area contributed by atoms with Crippen molar-refractivity contribution < 1.29 is 14.5 Å². The second-order valence-corrected chi connectivity index (χ2v) is 7.87. The van der Waals surface area contributed by atoms with Gasteiger partial charge in [0, 0.05) is 12.1 Å². The van der Waals surface area contributed by atoms with Crippen LogP contribution in [0.1, 0.15) is 30.5 Å². The van der Waals surface area contributed by atoms with Crippen LogP contribution in [-0.4, -0.2) is 32.0 Å². The second kappa shape index (κ2) is 10.6. The van der Waals surface area contributed by atoms with Crippen LogP contribution in [0.15, 0.2) is 54.6 Å². The predicted octanol–water partition coefficient (Wildman–Crippen LogP) is 1.33. The highest BCUT2D eigenvalue weighted by atomic mass is 16.2. The summed E-state index contributed by atoms with van der Waals surface area (Å²) in [6.07, 6.45) is 0.271. The zero-order valence-electron chi connectivity index (χ0n) is 17.3. The molecule has 0 unspecified atom stereocenters. The lowest BCUT2D eigenvalue weighted by atomic mass is 10.0. The Labute approximate surface area is 168 Å². The SMILES string of the molecule is CC(C)[C@H](NC(=O)Cc1ccccc1)C(=O)NCc1ccc(C[NH+](C)C)cc1. The maximum absolute atomic E-state index is 12.6. The van der Waals surface area contributed by atoms with Gasteiger partial charge >= 0.3 is 0 Å². The highest BCUT2D eigenvalue weighted by Gasteiger charge is 2.23. The van der Waals surface area contributed by atoms with Gasteiger partial charge in [-0.15, -0.1) is 0 Å². The quantitative estimate of drug-likeness (QED) is 0.613. The first kappa shape index (κ1) is 21.6. The standard InChI is InChI=1S/C23H31N3O2/c1-17(2)22(25-21(27)14-18-8-6-5-7-9-18)23(28)24-15-19-10-12-20(13-11-19)16-26(3)4/h5-13,17,22H,14-16H2,1-4H3,(H,24,28)(H,25,27)/p+1/t22-/m0/s1. The number of benzene rings is 2. The van der Waals surface area contributed by atoms with Gasteiger partial charge in [-0.1, -0.05) is 68.4 Å². The van der Waals surface area contributed by atoms with Crippen molar-refractivity contribution >= 4 is 11.8 Å². The largest absolute Gasteiger partial charge is 0.350 e. The predicted molar refractivity (Wildman–Crippen MR) is 112 cm³/mol. The molecule has 0 aliphatic rings. The highest BCUT2D eigenvalue weighted by molar-refractivity contribution is 5.88. The summed E-state index contributed by atoms with van der Waals surface area (Å²) in [6.45, 7) is 5.29. The minimum Gasteiger partial charge on any atom is -0.350 e. The van der Waals surface area contributed by atoms with Crippen LogP contribution in [0.4, 0.5) is 0 Å². The fourth-order valence-corrected chi connectivity index (χ4v) is 3.02. The van der Waals surface area contributed by atoms with E-state index < -0.39 is 6.04 Å². The highest BCUT2D eigenvalue weighted by Crippen LogP contribution is 2.07. The van der Waals surface area contributed by atoms with Gasteiger partial charge in [-0.2, -0.15) is 0 Å². The van der Waals surface area contributed by atoms with E-state index in [0.29, 0.717) is 6.54 Å². The summed E-state index contributed by atoms with van der Waals surface area (Å²) in [5.74, 6) is -0.293. The van der Waals surface area contributed by atoms with E-state index in [4.69, 9.17) is 0 Å². The molecule has 0 aromatic heterocycles. The average Bonchev–Trinajstić information content (AvgIpc) is 2.65. The molecule has 28 heavy (non-hydrogen) atoms. The zero-order valence-corrected chi connectivity index (χ0v) is 17.3. The number of hydrogen-bond donors (Lipinski definition) is 3. The van der Waals surface area contributed by atoms with Gasteiger partial charge in [-0.05, 0) is 17.0 Å². The molecule has 0 spiro atoms. The molecule has 0 saturated heterocycles. The summed E-state index contributed by atoms with van der Waals surface area (Å²) in [7, 11) is 4.23. The minimum absolute atomic E-state index is 0.00478. The van der Waals surface area contributed by atoms with E-state index in [2.05, 4.69) is 36.9 Å². The van der Waals surface area contributed by atoms with Crippen LogP contribution in [-0.2, 0) is 29.1 Å². The first-order valence-electron chi connectivity index (χ1n) is 9.83. The van der Waals surface area contributed by atoms with E-state index in [0.717, 1.165) is 17.7 Å². The van der Waals surface area contributed by atoms with Crippen molar-refractivity contribution in [2.75, 3.05) is 14.1 Å². The molecule has 2 aromatic carbocycles. The first-order chi connectivity index (χ1) is 13.3. The Hall–Kier alpha value is -2.66. The van der Waals surface area contributed by atoms with Crippen LogP contribution in [0.3, 0.4) is 0 Å². The fourth-order valence-electron chi connectivity index (χ4n) is 3.02. The molecule has 0 radical (unpaired) electrons. The summed E-state index contributed by atoms with van der Waals surface area (Å²) in [6, 6.07) is 17.3. The maximum Gasteiger partial charge on any atom is 0.243 e. The summed E-state index contributed by atoms with van der Waals surface area (Å²) in [5, 5.41) is 5.83. The molecular formula is C23H32N3O2+. The molecule has 150 valence electrons.